The molecular weight excluding hydrogens is 543 g/mol. The average molecular weight is 574 g/mol. The lowest BCUT2D eigenvalue weighted by molar-refractivity contribution is -0.137. The molecule has 4 N–H and O–H groups in total. The first-order chi connectivity index (χ1) is 20.2. The maximum atomic E-state index is 13.0. The summed E-state index contributed by atoms with van der Waals surface area (Å²) in [4.78, 5) is 25.3. The summed E-state index contributed by atoms with van der Waals surface area (Å²) in [6.07, 6.45) is 4.03. The lowest BCUT2D eigenvalue weighted by Crippen LogP contribution is -2.14. The molecule has 0 saturated heterocycles. The first kappa shape index (κ1) is 30.2. The number of rotatable bonds is 8. The number of hydrogen-bond acceptors (Lipinski definition) is 6. The van der Waals surface area contributed by atoms with Crippen molar-refractivity contribution in [1.82, 2.24) is 4.98 Å². The number of aliphatic hydroxyl groups is 1. The standard InChI is InChI=1S/C32H30F3N5O2/c1-21-2-6-26(31(42)40-30-18-27(11-13-39-30)32(33,34)35)17-25(21)8-3-22-5-9-28-24(10-12-38-29(28)16-22)7-4-23(19-36)20-37-14-15-41/h2,5-6,9,11-13,16-20,24,41H,4,7,10,14-15,36H2,1H3,(H,39,40,42). The van der Waals surface area contributed by atoms with Crippen LogP contribution in [0.1, 0.15) is 63.4 Å². The number of benzene rings is 2. The van der Waals surface area contributed by atoms with Crippen molar-refractivity contribution < 1.29 is 23.1 Å². The molecule has 0 aliphatic carbocycles. The van der Waals surface area contributed by atoms with Crippen molar-refractivity contribution in [3.05, 3.63) is 99.9 Å². The Kier molecular flexibility index (Phi) is 9.89. The summed E-state index contributed by atoms with van der Waals surface area (Å²) in [5.41, 5.74) is 10.2. The Bertz CT molecular complexity index is 1600. The van der Waals surface area contributed by atoms with Crippen LogP contribution in [0.3, 0.4) is 0 Å². The van der Waals surface area contributed by atoms with Crippen molar-refractivity contribution in [2.75, 3.05) is 18.5 Å². The molecule has 0 spiro atoms. The highest BCUT2D eigenvalue weighted by atomic mass is 19.4. The molecule has 1 unspecified atom stereocenters. The highest BCUT2D eigenvalue weighted by molar-refractivity contribution is 6.04. The molecule has 10 heteroatoms. The molecule has 0 saturated carbocycles. The second-order valence-electron chi connectivity index (χ2n) is 9.72. The number of pyridine rings is 1. The molecule has 0 fully saturated rings. The van der Waals surface area contributed by atoms with Gasteiger partial charge in [0.2, 0.25) is 0 Å². The van der Waals surface area contributed by atoms with E-state index in [0.717, 1.165) is 65.5 Å². The minimum Gasteiger partial charge on any atom is -0.404 e. The third-order valence-corrected chi connectivity index (χ3v) is 6.74. The number of alkyl halides is 3. The number of aromatic nitrogens is 1. The smallest absolute Gasteiger partial charge is 0.404 e. The number of anilines is 1. The monoisotopic (exact) mass is 573 g/mol. The van der Waals surface area contributed by atoms with Crippen LogP contribution in [-0.2, 0) is 6.18 Å². The number of aliphatic imine (C=N–C) groups is 2. The highest BCUT2D eigenvalue weighted by Crippen LogP contribution is 2.36. The van der Waals surface area contributed by atoms with Crippen LogP contribution in [0.5, 0.6) is 0 Å². The summed E-state index contributed by atoms with van der Waals surface area (Å²) < 4.78 is 39.0. The van der Waals surface area contributed by atoms with Crippen molar-refractivity contribution in [3.63, 3.8) is 0 Å². The topological polar surface area (TPSA) is 113 Å². The summed E-state index contributed by atoms with van der Waals surface area (Å²) >= 11 is 0. The van der Waals surface area contributed by atoms with Gasteiger partial charge in [0.15, 0.2) is 0 Å². The first-order valence-electron chi connectivity index (χ1n) is 13.3. The number of carbonyl (C=O) groups excluding carboxylic acids is 1. The van der Waals surface area contributed by atoms with E-state index in [9.17, 15) is 18.0 Å². The van der Waals surface area contributed by atoms with Crippen LogP contribution < -0.4 is 11.1 Å². The number of amides is 1. The third-order valence-electron chi connectivity index (χ3n) is 6.74. The zero-order chi connectivity index (χ0) is 30.1. The number of carbonyl (C=O) groups is 1. The van der Waals surface area contributed by atoms with Gasteiger partial charge in [-0.1, -0.05) is 24.0 Å². The number of fused-ring (bicyclic) bond motifs is 1. The molecule has 1 aliphatic heterocycles. The molecule has 42 heavy (non-hydrogen) atoms. The zero-order valence-corrected chi connectivity index (χ0v) is 22.9. The summed E-state index contributed by atoms with van der Waals surface area (Å²) in [6.45, 7) is 2.20. The van der Waals surface area contributed by atoms with Crippen LogP contribution in [-0.4, -0.2) is 41.6 Å². The Balaban J connectivity index is 1.47. The van der Waals surface area contributed by atoms with E-state index in [1.807, 2.05) is 31.3 Å². The molecule has 216 valence electrons. The van der Waals surface area contributed by atoms with E-state index in [2.05, 4.69) is 32.1 Å². The summed E-state index contributed by atoms with van der Waals surface area (Å²) in [5, 5.41) is 11.3. The van der Waals surface area contributed by atoms with Crippen molar-refractivity contribution in [2.45, 2.75) is 38.3 Å². The Morgan fingerprint density at radius 2 is 2.02 bits per heavy atom. The quantitative estimate of drug-likeness (QED) is 0.229. The van der Waals surface area contributed by atoms with Gasteiger partial charge < -0.3 is 16.2 Å². The summed E-state index contributed by atoms with van der Waals surface area (Å²) in [5.74, 6) is 5.73. The maximum absolute atomic E-state index is 13.0. The fraction of sp³-hybridized carbons (Fsp3) is 0.250. The zero-order valence-electron chi connectivity index (χ0n) is 22.9. The molecule has 1 atom stereocenters. The third kappa shape index (κ3) is 7.92. The largest absolute Gasteiger partial charge is 0.416 e. The number of halogens is 3. The number of allylic oxidation sites excluding steroid dienone is 1. The van der Waals surface area contributed by atoms with E-state index in [4.69, 9.17) is 10.8 Å². The average Bonchev–Trinajstić information content (AvgIpc) is 2.98. The van der Waals surface area contributed by atoms with Gasteiger partial charge in [0.05, 0.1) is 24.4 Å². The van der Waals surface area contributed by atoms with Crippen LogP contribution in [0.15, 0.2) is 76.5 Å². The molecule has 0 radical (unpaired) electrons. The van der Waals surface area contributed by atoms with E-state index in [1.165, 1.54) is 0 Å². The minimum absolute atomic E-state index is 0.00655. The SMILES string of the molecule is Cc1ccc(C(=O)Nc2cc(C(F)(F)F)ccn2)cc1C#Cc1ccc2c(c1)N=CCC2CCC(C=NCCO)=CN. The normalized spacial score (nSPS) is 14.8. The molecule has 4 rings (SSSR count). The van der Waals surface area contributed by atoms with Crippen molar-refractivity contribution in [2.24, 2.45) is 15.7 Å². The van der Waals surface area contributed by atoms with Crippen LogP contribution in [0.4, 0.5) is 24.7 Å². The van der Waals surface area contributed by atoms with Crippen LogP contribution in [0, 0.1) is 18.8 Å². The predicted molar refractivity (Wildman–Crippen MR) is 158 cm³/mol. The molecule has 1 aromatic heterocycles. The fourth-order valence-corrected chi connectivity index (χ4v) is 4.43. The van der Waals surface area contributed by atoms with E-state index in [0.29, 0.717) is 12.1 Å². The number of nitrogens with zero attached hydrogens (tertiary/aromatic N) is 3. The molecule has 3 aromatic rings. The molecular formula is C32H30F3N5O2. The Morgan fingerprint density at radius 1 is 1.19 bits per heavy atom. The van der Waals surface area contributed by atoms with Crippen molar-refractivity contribution in [3.8, 4) is 11.8 Å². The predicted octanol–water partition coefficient (Wildman–Crippen LogP) is 5.94. The van der Waals surface area contributed by atoms with Crippen molar-refractivity contribution >= 4 is 29.8 Å². The van der Waals surface area contributed by atoms with E-state index >= 15 is 0 Å². The molecule has 2 aromatic carbocycles. The molecule has 7 nitrogen and oxygen atoms in total. The molecule has 1 amide bonds. The van der Waals surface area contributed by atoms with Crippen LogP contribution in [0.25, 0.3) is 0 Å². The maximum Gasteiger partial charge on any atom is 0.416 e. The summed E-state index contributed by atoms with van der Waals surface area (Å²) in [6, 6.07) is 12.5. The molecule has 0 bridgehead atoms. The van der Waals surface area contributed by atoms with Gasteiger partial charge in [0, 0.05) is 35.3 Å². The van der Waals surface area contributed by atoms with E-state index in [1.54, 1.807) is 30.6 Å². The number of nitrogens with one attached hydrogen (secondary N) is 1. The fourth-order valence-electron chi connectivity index (χ4n) is 4.43. The lowest BCUT2D eigenvalue weighted by atomic mass is 9.87. The number of aliphatic hydroxyl groups excluding tert-OH is 1. The number of aryl methyl sites for hydroxylation is 1. The van der Waals surface area contributed by atoms with E-state index in [-0.39, 0.29) is 23.9 Å². The second-order valence-corrected chi connectivity index (χ2v) is 9.72. The van der Waals surface area contributed by atoms with Gasteiger partial charge in [-0.3, -0.25) is 14.8 Å². The molecule has 1 aliphatic rings. The van der Waals surface area contributed by atoms with Gasteiger partial charge in [-0.05, 0) is 91.4 Å². The van der Waals surface area contributed by atoms with Gasteiger partial charge >= 0.3 is 6.18 Å². The van der Waals surface area contributed by atoms with Crippen LogP contribution >= 0.6 is 0 Å². The Morgan fingerprint density at radius 3 is 2.79 bits per heavy atom. The number of hydrogen-bond donors (Lipinski definition) is 3. The Labute approximate surface area is 242 Å². The van der Waals surface area contributed by atoms with Gasteiger partial charge in [-0.15, -0.1) is 0 Å². The highest BCUT2D eigenvalue weighted by Gasteiger charge is 2.31. The van der Waals surface area contributed by atoms with Crippen molar-refractivity contribution in [1.29, 1.82) is 0 Å². The minimum atomic E-state index is -4.54. The first-order valence-corrected chi connectivity index (χ1v) is 13.3. The second kappa shape index (κ2) is 13.7. The van der Waals surface area contributed by atoms with Crippen LogP contribution in [0.2, 0.25) is 0 Å². The van der Waals surface area contributed by atoms with Gasteiger partial charge in [0.1, 0.15) is 5.82 Å². The van der Waals surface area contributed by atoms with Gasteiger partial charge in [-0.2, -0.15) is 13.2 Å². The number of nitrogens with two attached hydrogens (primary N) is 1. The summed E-state index contributed by atoms with van der Waals surface area (Å²) in [7, 11) is 0. The van der Waals surface area contributed by atoms with E-state index < -0.39 is 17.6 Å². The molecule has 2 heterocycles. The van der Waals surface area contributed by atoms with Gasteiger partial charge in [0.25, 0.3) is 5.91 Å². The lowest BCUT2D eigenvalue weighted by Gasteiger charge is -2.21. The van der Waals surface area contributed by atoms with Gasteiger partial charge in [-0.25, -0.2) is 4.98 Å². The Hall–Kier alpha value is -4.75.